The minimum absolute atomic E-state index is 0.617. The predicted molar refractivity (Wildman–Crippen MR) is 191 cm³/mol. The van der Waals surface area contributed by atoms with E-state index in [0.717, 1.165) is 49.4 Å². The van der Waals surface area contributed by atoms with Gasteiger partial charge in [-0.1, -0.05) is 115 Å². The van der Waals surface area contributed by atoms with Crippen molar-refractivity contribution in [3.63, 3.8) is 0 Å². The summed E-state index contributed by atoms with van der Waals surface area (Å²) < 4.78 is 8.73. The highest BCUT2D eigenvalue weighted by molar-refractivity contribution is 7.25. The summed E-state index contributed by atoms with van der Waals surface area (Å²) in [6.45, 7) is 0. The van der Waals surface area contributed by atoms with Crippen LogP contribution >= 0.6 is 11.3 Å². The third-order valence-corrected chi connectivity index (χ3v) is 10.1. The van der Waals surface area contributed by atoms with Gasteiger partial charge in [0.1, 0.15) is 11.2 Å². The molecule has 0 radical (unpaired) electrons. The first kappa shape index (κ1) is 25.4. The Morgan fingerprint density at radius 1 is 0.370 bits per heavy atom. The van der Waals surface area contributed by atoms with E-state index in [0.29, 0.717) is 17.5 Å². The number of rotatable bonds is 3. The van der Waals surface area contributed by atoms with Gasteiger partial charge in [0, 0.05) is 53.0 Å². The van der Waals surface area contributed by atoms with Gasteiger partial charge in [0.2, 0.25) is 0 Å². The molecule has 214 valence electrons. The highest BCUT2D eigenvalue weighted by atomic mass is 32.1. The second kappa shape index (κ2) is 9.80. The van der Waals surface area contributed by atoms with Crippen LogP contribution in [-0.2, 0) is 0 Å². The van der Waals surface area contributed by atoms with Gasteiger partial charge < -0.3 is 4.42 Å². The van der Waals surface area contributed by atoms with Crippen LogP contribution in [0.1, 0.15) is 0 Å². The molecule has 0 unspecified atom stereocenters. The molecule has 0 aliphatic rings. The van der Waals surface area contributed by atoms with Crippen molar-refractivity contribution in [2.24, 2.45) is 0 Å². The van der Waals surface area contributed by atoms with Crippen LogP contribution in [0.5, 0.6) is 0 Å². The van der Waals surface area contributed by atoms with Gasteiger partial charge in [-0.2, -0.15) is 0 Å². The van der Waals surface area contributed by atoms with Crippen molar-refractivity contribution < 1.29 is 4.42 Å². The van der Waals surface area contributed by atoms with Crippen molar-refractivity contribution in [1.82, 2.24) is 15.0 Å². The molecule has 4 nitrogen and oxygen atoms in total. The van der Waals surface area contributed by atoms with Gasteiger partial charge >= 0.3 is 0 Å². The van der Waals surface area contributed by atoms with E-state index in [-0.39, 0.29) is 0 Å². The minimum Gasteiger partial charge on any atom is -0.456 e. The molecule has 3 aromatic heterocycles. The zero-order valence-corrected chi connectivity index (χ0v) is 25.3. The fourth-order valence-corrected chi connectivity index (χ4v) is 8.04. The highest BCUT2D eigenvalue weighted by Gasteiger charge is 2.21. The fourth-order valence-electron chi connectivity index (χ4n) is 6.90. The van der Waals surface area contributed by atoms with E-state index in [2.05, 4.69) is 109 Å². The molecule has 10 rings (SSSR count). The van der Waals surface area contributed by atoms with Crippen molar-refractivity contribution in [2.45, 2.75) is 0 Å². The first-order valence-electron chi connectivity index (χ1n) is 15.3. The number of hydrogen-bond acceptors (Lipinski definition) is 5. The predicted octanol–water partition coefficient (Wildman–Crippen LogP) is 11.4. The number of nitrogens with zero attached hydrogens (tertiary/aromatic N) is 3. The first-order valence-corrected chi connectivity index (χ1v) is 16.1. The summed E-state index contributed by atoms with van der Waals surface area (Å²) in [6.07, 6.45) is 0. The normalized spacial score (nSPS) is 11.9. The van der Waals surface area contributed by atoms with E-state index in [4.69, 9.17) is 19.4 Å². The number of thiophene rings is 1. The standard InChI is InChI=1S/C41H23N3OS/c1-2-12-26-24(10-1)22-23-25-11-7-15-29(36(25)26)39-42-40(30-16-8-19-33-37(30)27-13-3-5-18-32(27)45-33)44-41(43-39)31-17-9-21-35-38(31)28-14-4-6-20-34(28)46-35/h1-23H. The molecule has 0 saturated carbocycles. The summed E-state index contributed by atoms with van der Waals surface area (Å²) in [7, 11) is 0. The van der Waals surface area contributed by atoms with Crippen molar-refractivity contribution in [3.05, 3.63) is 140 Å². The quantitative estimate of drug-likeness (QED) is 0.188. The van der Waals surface area contributed by atoms with E-state index in [1.807, 2.05) is 30.3 Å². The van der Waals surface area contributed by atoms with Gasteiger partial charge in [0.15, 0.2) is 17.5 Å². The van der Waals surface area contributed by atoms with Gasteiger partial charge in [-0.25, -0.2) is 15.0 Å². The average Bonchev–Trinajstić information content (AvgIpc) is 3.70. The van der Waals surface area contributed by atoms with Crippen LogP contribution in [0.2, 0.25) is 0 Å². The molecule has 0 spiro atoms. The highest BCUT2D eigenvalue weighted by Crippen LogP contribution is 2.42. The Labute approximate surface area is 267 Å². The summed E-state index contributed by atoms with van der Waals surface area (Å²) >= 11 is 1.80. The molecule has 0 N–H and O–H groups in total. The number of furan rings is 1. The molecule has 3 heterocycles. The summed E-state index contributed by atoms with van der Waals surface area (Å²) in [5, 5.41) is 9.06. The third-order valence-electron chi connectivity index (χ3n) is 8.93. The number of aromatic nitrogens is 3. The van der Waals surface area contributed by atoms with E-state index < -0.39 is 0 Å². The lowest BCUT2D eigenvalue weighted by atomic mass is 9.97. The largest absolute Gasteiger partial charge is 0.456 e. The molecule has 0 fully saturated rings. The number of hydrogen-bond donors (Lipinski definition) is 0. The SMILES string of the molecule is c1ccc2c(c1)ccc1cccc(-c3nc(-c4cccc5oc6ccccc6c45)nc(-c4cccc5sc6ccccc6c45)n3)c12. The van der Waals surface area contributed by atoms with Crippen molar-refractivity contribution in [3.8, 4) is 34.2 Å². The van der Waals surface area contributed by atoms with E-state index >= 15 is 0 Å². The Hall–Kier alpha value is -5.91. The van der Waals surface area contributed by atoms with Crippen molar-refractivity contribution in [2.75, 3.05) is 0 Å². The van der Waals surface area contributed by atoms with Crippen molar-refractivity contribution >= 4 is 75.0 Å². The smallest absolute Gasteiger partial charge is 0.164 e. The molecule has 5 heteroatoms. The monoisotopic (exact) mass is 605 g/mol. The van der Waals surface area contributed by atoms with Crippen LogP contribution in [0.25, 0.3) is 97.8 Å². The van der Waals surface area contributed by atoms with Gasteiger partial charge in [-0.15, -0.1) is 11.3 Å². The molecule has 7 aromatic carbocycles. The van der Waals surface area contributed by atoms with Crippen LogP contribution in [0.3, 0.4) is 0 Å². The fraction of sp³-hybridized carbons (Fsp3) is 0. The van der Waals surface area contributed by atoms with Gasteiger partial charge in [0.25, 0.3) is 0 Å². The molecule has 0 atom stereocenters. The number of fused-ring (bicyclic) bond motifs is 9. The Morgan fingerprint density at radius 2 is 0.913 bits per heavy atom. The molecule has 46 heavy (non-hydrogen) atoms. The maximum absolute atomic E-state index is 6.28. The molecule has 0 aliphatic heterocycles. The summed E-state index contributed by atoms with van der Waals surface area (Å²) in [5.41, 5.74) is 4.54. The van der Waals surface area contributed by atoms with Crippen LogP contribution in [-0.4, -0.2) is 15.0 Å². The van der Waals surface area contributed by atoms with Gasteiger partial charge in [0.05, 0.1) is 0 Å². The molecule has 10 aromatic rings. The molecule has 0 aliphatic carbocycles. The van der Waals surface area contributed by atoms with Crippen molar-refractivity contribution in [1.29, 1.82) is 0 Å². The second-order valence-electron chi connectivity index (χ2n) is 11.6. The topological polar surface area (TPSA) is 51.8 Å². The number of para-hydroxylation sites is 1. The molecule has 0 saturated heterocycles. The lowest BCUT2D eigenvalue weighted by molar-refractivity contribution is 0.669. The molecule has 0 bridgehead atoms. The second-order valence-corrected chi connectivity index (χ2v) is 12.6. The van der Waals surface area contributed by atoms with Crippen LogP contribution in [0.15, 0.2) is 144 Å². The average molecular weight is 606 g/mol. The lowest BCUT2D eigenvalue weighted by Gasteiger charge is -2.13. The third kappa shape index (κ3) is 3.76. The maximum Gasteiger partial charge on any atom is 0.164 e. The van der Waals surface area contributed by atoms with Crippen LogP contribution in [0, 0.1) is 0 Å². The van der Waals surface area contributed by atoms with Crippen LogP contribution < -0.4 is 0 Å². The van der Waals surface area contributed by atoms with Gasteiger partial charge in [-0.05, 0) is 40.4 Å². The minimum atomic E-state index is 0.617. The summed E-state index contributed by atoms with van der Waals surface area (Å²) in [4.78, 5) is 15.8. The first-order chi connectivity index (χ1) is 22.8. The number of benzene rings is 7. The Bertz CT molecular complexity index is 2700. The Balaban J connectivity index is 1.33. The summed E-state index contributed by atoms with van der Waals surface area (Å²) in [5.74, 6) is 1.91. The zero-order valence-electron chi connectivity index (χ0n) is 24.4. The van der Waals surface area contributed by atoms with E-state index in [1.165, 1.54) is 30.9 Å². The van der Waals surface area contributed by atoms with E-state index in [1.54, 1.807) is 11.3 Å². The Kier molecular flexibility index (Phi) is 5.41. The maximum atomic E-state index is 6.28. The zero-order chi connectivity index (χ0) is 30.2. The lowest BCUT2D eigenvalue weighted by Crippen LogP contribution is -2.01. The molecule has 0 amide bonds. The Morgan fingerprint density at radius 3 is 1.74 bits per heavy atom. The van der Waals surface area contributed by atoms with Gasteiger partial charge in [-0.3, -0.25) is 0 Å². The van der Waals surface area contributed by atoms with Crippen LogP contribution in [0.4, 0.5) is 0 Å². The molecular formula is C41H23N3OS. The summed E-state index contributed by atoms with van der Waals surface area (Å²) in [6, 6.07) is 48.5. The molecular weight excluding hydrogens is 583 g/mol. The van der Waals surface area contributed by atoms with E-state index in [9.17, 15) is 0 Å².